The molecule has 2 rings (SSSR count). The molecule has 5 heteroatoms. The third-order valence-corrected chi connectivity index (χ3v) is 4.56. The highest BCUT2D eigenvalue weighted by Gasteiger charge is 2.17. The van der Waals surface area contributed by atoms with Gasteiger partial charge in [-0.3, -0.25) is 0 Å². The van der Waals surface area contributed by atoms with Gasteiger partial charge in [-0.05, 0) is 56.2 Å². The first kappa shape index (κ1) is 12.1. The van der Waals surface area contributed by atoms with Gasteiger partial charge in [-0.2, -0.15) is 0 Å². The third kappa shape index (κ3) is 2.31. The molecule has 2 nitrogen and oxygen atoms in total. The van der Waals surface area contributed by atoms with Gasteiger partial charge in [0.15, 0.2) is 0 Å². The first-order valence-electron chi connectivity index (χ1n) is 4.36. The molecule has 0 aliphatic heterocycles. The van der Waals surface area contributed by atoms with E-state index in [1.165, 1.54) is 11.3 Å². The summed E-state index contributed by atoms with van der Waals surface area (Å²) in [6.07, 6.45) is 0. The summed E-state index contributed by atoms with van der Waals surface area (Å²) in [4.78, 5) is 11.1. The summed E-state index contributed by atoms with van der Waals surface area (Å²) in [5, 5.41) is 11.0. The Kier molecular flexibility index (Phi) is 3.66. The summed E-state index contributed by atoms with van der Waals surface area (Å²) in [5.41, 5.74) is 2.03. The summed E-state index contributed by atoms with van der Waals surface area (Å²) in [6, 6.07) is 7.80. The molecule has 16 heavy (non-hydrogen) atoms. The zero-order valence-electron chi connectivity index (χ0n) is 7.91. The minimum absolute atomic E-state index is 0.339. The maximum Gasteiger partial charge on any atom is 0.338 e. The minimum atomic E-state index is -0.901. The highest BCUT2D eigenvalue weighted by Crippen LogP contribution is 2.35. The Morgan fingerprint density at radius 3 is 2.50 bits per heavy atom. The molecule has 0 bridgehead atoms. The van der Waals surface area contributed by atoms with Gasteiger partial charge in [0.05, 0.1) is 9.35 Å². The molecule has 0 fully saturated rings. The van der Waals surface area contributed by atoms with E-state index in [0.717, 1.165) is 14.7 Å². The number of rotatable bonds is 2. The Bertz CT molecular complexity index is 533. The maximum absolute atomic E-state index is 11.1. The van der Waals surface area contributed by atoms with Gasteiger partial charge in [0.2, 0.25) is 0 Å². The Hall–Kier alpha value is -0.400. The third-order valence-electron chi connectivity index (χ3n) is 2.12. The SMILES string of the molecule is O=C(O)c1c(-c2ccc(I)cc2)csc1Br. The lowest BCUT2D eigenvalue weighted by Gasteiger charge is -2.01. The molecule has 1 N–H and O–H groups in total. The molecule has 82 valence electrons. The van der Waals surface area contributed by atoms with Gasteiger partial charge in [0.25, 0.3) is 0 Å². The average molecular weight is 409 g/mol. The number of carbonyl (C=O) groups is 1. The number of aromatic carboxylic acids is 1. The second-order valence-corrected chi connectivity index (χ2v) is 6.55. The fourth-order valence-corrected chi connectivity index (χ4v) is 3.19. The molecule has 0 radical (unpaired) electrons. The standard InChI is InChI=1S/C11H6BrIO2S/c12-10-9(11(14)15)8(5-16-10)6-1-3-7(13)4-2-6/h1-5H,(H,14,15). The fraction of sp³-hybridized carbons (Fsp3) is 0. The largest absolute Gasteiger partial charge is 0.478 e. The van der Waals surface area contributed by atoms with Crippen LogP contribution in [0.1, 0.15) is 10.4 Å². The lowest BCUT2D eigenvalue weighted by Crippen LogP contribution is -1.97. The first-order chi connectivity index (χ1) is 7.59. The van der Waals surface area contributed by atoms with Crippen molar-refractivity contribution < 1.29 is 9.90 Å². The molecular formula is C11H6BrIO2S. The Labute approximate surface area is 119 Å². The molecule has 1 heterocycles. The Morgan fingerprint density at radius 1 is 1.31 bits per heavy atom. The summed E-state index contributed by atoms with van der Waals surface area (Å²) in [5.74, 6) is -0.901. The monoisotopic (exact) mass is 408 g/mol. The Balaban J connectivity index is 2.56. The molecule has 1 aromatic heterocycles. The maximum atomic E-state index is 11.1. The molecule has 0 saturated carbocycles. The van der Waals surface area contributed by atoms with Gasteiger partial charge in [0, 0.05) is 14.5 Å². The smallest absolute Gasteiger partial charge is 0.338 e. The molecule has 0 amide bonds. The predicted molar refractivity (Wildman–Crippen MR) is 77.1 cm³/mol. The Morgan fingerprint density at radius 2 is 1.94 bits per heavy atom. The van der Waals surface area contributed by atoms with Gasteiger partial charge in [0.1, 0.15) is 0 Å². The quantitative estimate of drug-likeness (QED) is 0.744. The average Bonchev–Trinajstić information content (AvgIpc) is 2.61. The summed E-state index contributed by atoms with van der Waals surface area (Å²) in [7, 11) is 0. The number of hydrogen-bond donors (Lipinski definition) is 1. The molecule has 1 aromatic carbocycles. The van der Waals surface area contributed by atoms with E-state index in [4.69, 9.17) is 5.11 Å². The molecule has 0 aliphatic rings. The number of benzene rings is 1. The minimum Gasteiger partial charge on any atom is -0.478 e. The fourth-order valence-electron chi connectivity index (χ4n) is 1.38. The van der Waals surface area contributed by atoms with Crippen molar-refractivity contribution in [2.24, 2.45) is 0 Å². The van der Waals surface area contributed by atoms with Crippen molar-refractivity contribution in [3.8, 4) is 11.1 Å². The number of carboxylic acid groups (broad SMARTS) is 1. The molecule has 0 atom stereocenters. The van der Waals surface area contributed by atoms with Crippen LogP contribution in [0.2, 0.25) is 0 Å². The lowest BCUT2D eigenvalue weighted by atomic mass is 10.1. The van der Waals surface area contributed by atoms with Gasteiger partial charge >= 0.3 is 5.97 Å². The molecule has 0 spiro atoms. The number of halogens is 2. The highest BCUT2D eigenvalue weighted by molar-refractivity contribution is 14.1. The van der Waals surface area contributed by atoms with Crippen LogP contribution in [-0.2, 0) is 0 Å². The van der Waals surface area contributed by atoms with E-state index in [2.05, 4.69) is 38.5 Å². The van der Waals surface area contributed by atoms with Crippen LogP contribution < -0.4 is 0 Å². The molecule has 0 saturated heterocycles. The normalized spacial score (nSPS) is 10.4. The molecule has 0 unspecified atom stereocenters. The number of carboxylic acids is 1. The molecule has 2 aromatic rings. The van der Waals surface area contributed by atoms with Crippen molar-refractivity contribution in [3.63, 3.8) is 0 Å². The van der Waals surface area contributed by atoms with E-state index in [1.807, 2.05) is 29.6 Å². The first-order valence-corrected chi connectivity index (χ1v) is 7.11. The summed E-state index contributed by atoms with van der Waals surface area (Å²) in [6.45, 7) is 0. The predicted octanol–water partition coefficient (Wildman–Crippen LogP) is 4.48. The van der Waals surface area contributed by atoms with Crippen molar-refractivity contribution in [2.75, 3.05) is 0 Å². The van der Waals surface area contributed by atoms with E-state index >= 15 is 0 Å². The summed E-state index contributed by atoms with van der Waals surface area (Å²) < 4.78 is 1.79. The van der Waals surface area contributed by atoms with Crippen LogP contribution >= 0.6 is 49.9 Å². The van der Waals surface area contributed by atoms with Crippen molar-refractivity contribution >= 4 is 55.8 Å². The van der Waals surface area contributed by atoms with E-state index in [0.29, 0.717) is 9.35 Å². The van der Waals surface area contributed by atoms with Crippen LogP contribution in [0, 0.1) is 3.57 Å². The van der Waals surface area contributed by atoms with E-state index in [-0.39, 0.29) is 0 Å². The summed E-state index contributed by atoms with van der Waals surface area (Å²) >= 11 is 6.88. The van der Waals surface area contributed by atoms with Gasteiger partial charge in [-0.15, -0.1) is 11.3 Å². The topological polar surface area (TPSA) is 37.3 Å². The van der Waals surface area contributed by atoms with Crippen molar-refractivity contribution in [3.05, 3.63) is 42.6 Å². The second kappa shape index (κ2) is 4.85. The molecular weight excluding hydrogens is 403 g/mol. The van der Waals surface area contributed by atoms with Crippen LogP contribution in [0.4, 0.5) is 0 Å². The van der Waals surface area contributed by atoms with Crippen LogP contribution in [0.3, 0.4) is 0 Å². The van der Waals surface area contributed by atoms with Gasteiger partial charge in [-0.1, -0.05) is 12.1 Å². The van der Waals surface area contributed by atoms with E-state index in [1.54, 1.807) is 0 Å². The number of hydrogen-bond acceptors (Lipinski definition) is 2. The number of thiophene rings is 1. The van der Waals surface area contributed by atoms with E-state index in [9.17, 15) is 4.79 Å². The van der Waals surface area contributed by atoms with Gasteiger partial charge < -0.3 is 5.11 Å². The lowest BCUT2D eigenvalue weighted by molar-refractivity contribution is 0.0697. The van der Waals surface area contributed by atoms with E-state index < -0.39 is 5.97 Å². The zero-order chi connectivity index (χ0) is 11.7. The molecule has 0 aliphatic carbocycles. The van der Waals surface area contributed by atoms with Gasteiger partial charge in [-0.25, -0.2) is 4.79 Å². The zero-order valence-corrected chi connectivity index (χ0v) is 12.5. The van der Waals surface area contributed by atoms with Crippen LogP contribution in [-0.4, -0.2) is 11.1 Å². The van der Waals surface area contributed by atoms with Crippen molar-refractivity contribution in [1.29, 1.82) is 0 Å². The van der Waals surface area contributed by atoms with Crippen molar-refractivity contribution in [1.82, 2.24) is 0 Å². The highest BCUT2D eigenvalue weighted by atomic mass is 127. The van der Waals surface area contributed by atoms with Crippen LogP contribution in [0.5, 0.6) is 0 Å². The van der Waals surface area contributed by atoms with Crippen LogP contribution in [0.15, 0.2) is 33.4 Å². The van der Waals surface area contributed by atoms with Crippen molar-refractivity contribution in [2.45, 2.75) is 0 Å². The van der Waals surface area contributed by atoms with Crippen LogP contribution in [0.25, 0.3) is 11.1 Å². The second-order valence-electron chi connectivity index (χ2n) is 3.11.